The second kappa shape index (κ2) is 6.53. The Hall–Kier alpha value is -2.16. The number of rotatable bonds is 5. The van der Waals surface area contributed by atoms with Crippen LogP contribution in [-0.4, -0.2) is 11.7 Å². The molecule has 0 aliphatic carbocycles. The van der Waals surface area contributed by atoms with Crippen LogP contribution in [0.3, 0.4) is 0 Å². The molecule has 0 spiro atoms. The predicted octanol–water partition coefficient (Wildman–Crippen LogP) is 3.66. The zero-order valence-electron chi connectivity index (χ0n) is 11.9. The predicted molar refractivity (Wildman–Crippen MR) is 87.1 cm³/mol. The average Bonchev–Trinajstić information content (AvgIpc) is 2.56. The molecule has 106 valence electrons. The molecule has 0 radical (unpaired) electrons. The maximum absolute atomic E-state index is 10.1. The molecule has 21 heavy (non-hydrogen) atoms. The molecule has 0 saturated heterocycles. The van der Waals surface area contributed by atoms with Gasteiger partial charge in [-0.25, -0.2) is 0 Å². The summed E-state index contributed by atoms with van der Waals surface area (Å²) in [7, 11) is 0. The van der Waals surface area contributed by atoms with Gasteiger partial charge in [0.1, 0.15) is 0 Å². The highest BCUT2D eigenvalue weighted by atomic mass is 16.3. The van der Waals surface area contributed by atoms with Crippen molar-refractivity contribution in [2.24, 2.45) is 0 Å². The van der Waals surface area contributed by atoms with E-state index in [1.165, 1.54) is 16.3 Å². The number of aliphatic hydroxyl groups excluding tert-OH is 1. The van der Waals surface area contributed by atoms with Gasteiger partial charge in [0.15, 0.2) is 0 Å². The standard InChI is InChI=1S/C19H19NO/c21-19(16-8-2-1-3-9-16)14-20-13-17-11-6-10-15-7-4-5-12-18(15)17/h1-12,19-21H,13-14H2. The third-order valence-corrected chi connectivity index (χ3v) is 3.72. The van der Waals surface area contributed by atoms with Crippen molar-refractivity contribution >= 4 is 10.8 Å². The monoisotopic (exact) mass is 277 g/mol. The molecule has 0 bridgehead atoms. The molecule has 1 atom stereocenters. The van der Waals surface area contributed by atoms with Gasteiger partial charge in [-0.1, -0.05) is 72.8 Å². The van der Waals surface area contributed by atoms with E-state index in [9.17, 15) is 5.11 Å². The van der Waals surface area contributed by atoms with Crippen molar-refractivity contribution in [2.75, 3.05) is 6.54 Å². The minimum Gasteiger partial charge on any atom is -0.387 e. The van der Waals surface area contributed by atoms with Gasteiger partial charge in [0.25, 0.3) is 0 Å². The number of hydrogen-bond acceptors (Lipinski definition) is 2. The number of aliphatic hydroxyl groups is 1. The van der Waals surface area contributed by atoms with Crippen LogP contribution < -0.4 is 5.32 Å². The smallest absolute Gasteiger partial charge is 0.0914 e. The summed E-state index contributed by atoms with van der Waals surface area (Å²) in [5.74, 6) is 0. The Morgan fingerprint density at radius 1 is 0.810 bits per heavy atom. The molecular formula is C19H19NO. The third kappa shape index (κ3) is 3.30. The SMILES string of the molecule is OC(CNCc1cccc2ccccc12)c1ccccc1. The molecule has 0 aliphatic rings. The van der Waals surface area contributed by atoms with Crippen molar-refractivity contribution in [3.05, 3.63) is 83.9 Å². The van der Waals surface area contributed by atoms with Gasteiger partial charge in [0.05, 0.1) is 6.10 Å². The van der Waals surface area contributed by atoms with Crippen molar-refractivity contribution in [2.45, 2.75) is 12.6 Å². The lowest BCUT2D eigenvalue weighted by Crippen LogP contribution is -2.21. The molecule has 0 aliphatic heterocycles. The minimum absolute atomic E-state index is 0.471. The van der Waals surface area contributed by atoms with Crippen LogP contribution in [0.1, 0.15) is 17.2 Å². The van der Waals surface area contributed by atoms with Gasteiger partial charge in [-0.3, -0.25) is 0 Å². The van der Waals surface area contributed by atoms with Crippen molar-refractivity contribution in [1.82, 2.24) is 5.32 Å². The van der Waals surface area contributed by atoms with Gasteiger partial charge in [-0.15, -0.1) is 0 Å². The summed E-state index contributed by atoms with van der Waals surface area (Å²) >= 11 is 0. The summed E-state index contributed by atoms with van der Waals surface area (Å²) in [6.07, 6.45) is -0.471. The van der Waals surface area contributed by atoms with Gasteiger partial charge in [0, 0.05) is 13.1 Å². The lowest BCUT2D eigenvalue weighted by molar-refractivity contribution is 0.174. The van der Waals surface area contributed by atoms with Crippen molar-refractivity contribution in [3.63, 3.8) is 0 Å². The van der Waals surface area contributed by atoms with E-state index in [0.29, 0.717) is 6.54 Å². The summed E-state index contributed by atoms with van der Waals surface area (Å²) in [6, 6.07) is 24.5. The first kappa shape index (κ1) is 13.8. The maximum Gasteiger partial charge on any atom is 0.0914 e. The zero-order valence-corrected chi connectivity index (χ0v) is 11.9. The van der Waals surface area contributed by atoms with E-state index in [2.05, 4.69) is 47.8 Å². The second-order valence-electron chi connectivity index (χ2n) is 5.20. The molecule has 2 N–H and O–H groups in total. The normalized spacial score (nSPS) is 12.4. The van der Waals surface area contributed by atoms with Crippen molar-refractivity contribution < 1.29 is 5.11 Å². The summed E-state index contributed by atoms with van der Waals surface area (Å²) in [5, 5.41) is 16.0. The molecule has 0 saturated carbocycles. The number of nitrogens with one attached hydrogen (secondary N) is 1. The van der Waals surface area contributed by atoms with Crippen LogP contribution in [0.5, 0.6) is 0 Å². The molecule has 2 heteroatoms. The fourth-order valence-corrected chi connectivity index (χ4v) is 2.58. The van der Waals surface area contributed by atoms with Crippen LogP contribution >= 0.6 is 0 Å². The van der Waals surface area contributed by atoms with E-state index in [1.807, 2.05) is 30.3 Å². The van der Waals surface area contributed by atoms with Crippen LogP contribution in [0.25, 0.3) is 10.8 Å². The second-order valence-corrected chi connectivity index (χ2v) is 5.20. The van der Waals surface area contributed by atoms with E-state index in [-0.39, 0.29) is 0 Å². The third-order valence-electron chi connectivity index (χ3n) is 3.72. The highest BCUT2D eigenvalue weighted by molar-refractivity contribution is 5.85. The highest BCUT2D eigenvalue weighted by Crippen LogP contribution is 2.18. The zero-order chi connectivity index (χ0) is 14.5. The van der Waals surface area contributed by atoms with Crippen LogP contribution in [0.2, 0.25) is 0 Å². The molecule has 1 unspecified atom stereocenters. The van der Waals surface area contributed by atoms with E-state index in [1.54, 1.807) is 0 Å². The van der Waals surface area contributed by atoms with Gasteiger partial charge >= 0.3 is 0 Å². The van der Waals surface area contributed by atoms with Crippen LogP contribution in [0.15, 0.2) is 72.8 Å². The Labute approximate surface area is 125 Å². The van der Waals surface area contributed by atoms with Gasteiger partial charge in [-0.05, 0) is 21.9 Å². The lowest BCUT2D eigenvalue weighted by atomic mass is 10.0. The van der Waals surface area contributed by atoms with Crippen molar-refractivity contribution in [1.29, 1.82) is 0 Å². The first-order valence-corrected chi connectivity index (χ1v) is 7.25. The Morgan fingerprint density at radius 3 is 2.38 bits per heavy atom. The molecule has 3 aromatic rings. The molecule has 0 amide bonds. The molecule has 0 fully saturated rings. The molecule has 3 rings (SSSR count). The Kier molecular flexibility index (Phi) is 4.29. The van der Waals surface area contributed by atoms with Crippen LogP contribution in [0.4, 0.5) is 0 Å². The molecule has 0 aromatic heterocycles. The molecule has 0 heterocycles. The number of hydrogen-bond donors (Lipinski definition) is 2. The lowest BCUT2D eigenvalue weighted by Gasteiger charge is -2.13. The molecule has 2 nitrogen and oxygen atoms in total. The largest absolute Gasteiger partial charge is 0.387 e. The topological polar surface area (TPSA) is 32.3 Å². The Bertz CT molecular complexity index is 704. The fraction of sp³-hybridized carbons (Fsp3) is 0.158. The van der Waals surface area contributed by atoms with Crippen molar-refractivity contribution in [3.8, 4) is 0 Å². The highest BCUT2D eigenvalue weighted by Gasteiger charge is 2.06. The number of fused-ring (bicyclic) bond motifs is 1. The van der Waals surface area contributed by atoms with E-state index >= 15 is 0 Å². The van der Waals surface area contributed by atoms with E-state index in [0.717, 1.165) is 12.1 Å². The van der Waals surface area contributed by atoms with Gasteiger partial charge in [0.2, 0.25) is 0 Å². The van der Waals surface area contributed by atoms with Gasteiger partial charge in [-0.2, -0.15) is 0 Å². The summed E-state index contributed by atoms with van der Waals surface area (Å²) in [5.41, 5.74) is 2.20. The average molecular weight is 277 g/mol. The first-order chi connectivity index (χ1) is 10.3. The Balaban J connectivity index is 1.65. The fourth-order valence-electron chi connectivity index (χ4n) is 2.58. The quantitative estimate of drug-likeness (QED) is 0.746. The molecule has 3 aromatic carbocycles. The number of benzene rings is 3. The minimum atomic E-state index is -0.471. The van der Waals surface area contributed by atoms with Crippen LogP contribution in [-0.2, 0) is 6.54 Å². The first-order valence-electron chi connectivity index (χ1n) is 7.25. The Morgan fingerprint density at radius 2 is 1.52 bits per heavy atom. The summed E-state index contributed by atoms with van der Waals surface area (Å²) < 4.78 is 0. The molecular weight excluding hydrogens is 258 g/mol. The van der Waals surface area contributed by atoms with E-state index in [4.69, 9.17) is 0 Å². The summed E-state index contributed by atoms with van der Waals surface area (Å²) in [4.78, 5) is 0. The van der Waals surface area contributed by atoms with E-state index < -0.39 is 6.10 Å². The summed E-state index contributed by atoms with van der Waals surface area (Å²) in [6.45, 7) is 1.30. The van der Waals surface area contributed by atoms with Crippen LogP contribution in [0, 0.1) is 0 Å². The maximum atomic E-state index is 10.1. The van der Waals surface area contributed by atoms with Gasteiger partial charge < -0.3 is 10.4 Å².